The number of hydrazone groups is 1. The van der Waals surface area contributed by atoms with E-state index in [-0.39, 0.29) is 18.8 Å². The molecular formula is C32H31Br2N5O7. The van der Waals surface area contributed by atoms with E-state index in [1.165, 1.54) is 13.3 Å². The van der Waals surface area contributed by atoms with Gasteiger partial charge in [0, 0.05) is 15.7 Å². The number of methoxy groups -OCH3 is 1. The molecule has 0 saturated carbocycles. The van der Waals surface area contributed by atoms with Crippen LogP contribution in [0.25, 0.3) is 0 Å². The summed E-state index contributed by atoms with van der Waals surface area (Å²) in [6.07, 6.45) is 0.318. The molecule has 4 N–H and O–H groups in total. The topological polar surface area (TPSA) is 164 Å². The number of hydrogen-bond donors (Lipinski definition) is 4. The van der Waals surface area contributed by atoms with Crippen LogP contribution in [0.4, 0.5) is 4.79 Å². The molecule has 1 heterocycles. The van der Waals surface area contributed by atoms with Crippen molar-refractivity contribution < 1.29 is 33.6 Å². The van der Waals surface area contributed by atoms with Crippen molar-refractivity contribution in [3.63, 3.8) is 0 Å². The predicted octanol–water partition coefficient (Wildman–Crippen LogP) is 5.18. The Kier molecular flexibility index (Phi) is 12.0. The normalized spacial score (nSPS) is 15.0. The van der Waals surface area contributed by atoms with Gasteiger partial charge in [0.1, 0.15) is 19.0 Å². The van der Waals surface area contributed by atoms with Crippen molar-refractivity contribution in [2.24, 2.45) is 5.10 Å². The van der Waals surface area contributed by atoms with Crippen molar-refractivity contribution >= 4 is 50.1 Å². The second kappa shape index (κ2) is 16.1. The second-order valence-electron chi connectivity index (χ2n) is 9.82. The molecule has 46 heavy (non-hydrogen) atoms. The zero-order chi connectivity index (χ0) is 33.2. The van der Waals surface area contributed by atoms with E-state index < -0.39 is 24.3 Å². The Morgan fingerprint density at radius 2 is 1.89 bits per heavy atom. The molecule has 240 valence electrons. The molecule has 3 aromatic carbocycles. The third-order valence-electron chi connectivity index (χ3n) is 6.60. The van der Waals surface area contributed by atoms with Crippen molar-refractivity contribution in [3.05, 3.63) is 97.1 Å². The molecule has 0 aliphatic carbocycles. The Balaban J connectivity index is 1.42. The van der Waals surface area contributed by atoms with E-state index in [1.807, 2.05) is 24.3 Å². The highest BCUT2D eigenvalue weighted by Crippen LogP contribution is 2.35. The lowest BCUT2D eigenvalue weighted by atomic mass is 9.95. The third kappa shape index (κ3) is 8.78. The third-order valence-corrected chi connectivity index (χ3v) is 7.65. The summed E-state index contributed by atoms with van der Waals surface area (Å²) >= 11 is 7.00. The van der Waals surface area contributed by atoms with Gasteiger partial charge in [0.25, 0.3) is 0 Å². The summed E-state index contributed by atoms with van der Waals surface area (Å²) in [5, 5.41) is 29.0. The molecule has 12 nitrogen and oxygen atoms in total. The minimum atomic E-state index is -1.19. The van der Waals surface area contributed by atoms with Crippen molar-refractivity contribution in [1.29, 1.82) is 5.26 Å². The maximum atomic E-state index is 12.5. The van der Waals surface area contributed by atoms with E-state index >= 15 is 0 Å². The quantitative estimate of drug-likeness (QED) is 0.0797. The lowest BCUT2D eigenvalue weighted by Gasteiger charge is -2.28. The van der Waals surface area contributed by atoms with Crippen LogP contribution < -0.4 is 30.3 Å². The summed E-state index contributed by atoms with van der Waals surface area (Å²) < 4.78 is 24.0. The maximum Gasteiger partial charge on any atom is 0.337 e. The fraction of sp³-hybridized carbons (Fsp3) is 0.250. The molecule has 0 saturated heterocycles. The van der Waals surface area contributed by atoms with Crippen LogP contribution in [-0.4, -0.2) is 49.9 Å². The predicted molar refractivity (Wildman–Crippen MR) is 176 cm³/mol. The van der Waals surface area contributed by atoms with Gasteiger partial charge in [0.05, 0.1) is 47.7 Å². The SMILES string of the molecule is CCOc1cc([C@H]2NC(=O)NC(C)=C2C(=O)OC)ccc1OC[C@@H](O)N/N=C/c1cc(Br)cc(Br)c1OCc1ccc(C#N)cc1. The highest BCUT2D eigenvalue weighted by Gasteiger charge is 2.32. The van der Waals surface area contributed by atoms with Crippen molar-refractivity contribution in [2.45, 2.75) is 32.7 Å². The molecule has 1 aliphatic rings. The average molecular weight is 757 g/mol. The van der Waals surface area contributed by atoms with Gasteiger partial charge in [-0.1, -0.05) is 34.1 Å². The molecular weight excluding hydrogens is 726 g/mol. The van der Waals surface area contributed by atoms with E-state index in [0.29, 0.717) is 50.7 Å². The number of nitrogens with one attached hydrogen (secondary N) is 3. The number of urea groups is 1. The van der Waals surface area contributed by atoms with Crippen LogP contribution in [0.15, 0.2) is 79.9 Å². The Labute approximate surface area is 282 Å². The van der Waals surface area contributed by atoms with Gasteiger partial charge in [-0.25, -0.2) is 9.59 Å². The van der Waals surface area contributed by atoms with Gasteiger partial charge in [-0.3, -0.25) is 5.43 Å². The number of ether oxygens (including phenoxy) is 4. The Morgan fingerprint density at radius 3 is 2.59 bits per heavy atom. The van der Waals surface area contributed by atoms with E-state index in [2.05, 4.69) is 59.1 Å². The number of allylic oxidation sites excluding steroid dienone is 1. The lowest BCUT2D eigenvalue weighted by Crippen LogP contribution is -2.45. The van der Waals surface area contributed by atoms with Gasteiger partial charge < -0.3 is 34.7 Å². The fourth-order valence-electron chi connectivity index (χ4n) is 4.47. The summed E-state index contributed by atoms with van der Waals surface area (Å²) in [7, 11) is 1.27. The van der Waals surface area contributed by atoms with Crippen LogP contribution in [0, 0.1) is 11.3 Å². The minimum absolute atomic E-state index is 0.183. The summed E-state index contributed by atoms with van der Waals surface area (Å²) in [6, 6.07) is 16.6. The molecule has 14 heteroatoms. The average Bonchev–Trinajstić information content (AvgIpc) is 3.03. The molecule has 0 bridgehead atoms. The van der Waals surface area contributed by atoms with Crippen LogP contribution in [0.5, 0.6) is 17.2 Å². The number of nitriles is 1. The molecule has 0 unspecified atom stereocenters. The first-order chi connectivity index (χ1) is 22.1. The first-order valence-corrected chi connectivity index (χ1v) is 15.6. The van der Waals surface area contributed by atoms with E-state index in [9.17, 15) is 14.7 Å². The highest BCUT2D eigenvalue weighted by molar-refractivity contribution is 9.11. The van der Waals surface area contributed by atoms with Crippen LogP contribution in [-0.2, 0) is 16.1 Å². The molecule has 0 aromatic heterocycles. The molecule has 0 spiro atoms. The number of aliphatic hydroxyl groups excluding tert-OH is 1. The number of rotatable bonds is 13. The first-order valence-electron chi connectivity index (χ1n) is 14.0. The Hall–Kier alpha value is -4.58. The molecule has 3 aromatic rings. The maximum absolute atomic E-state index is 12.5. The fourth-order valence-corrected chi connectivity index (χ4v) is 5.85. The molecule has 2 atom stereocenters. The largest absolute Gasteiger partial charge is 0.490 e. The smallest absolute Gasteiger partial charge is 0.337 e. The van der Waals surface area contributed by atoms with Crippen molar-refractivity contribution in [1.82, 2.24) is 16.1 Å². The zero-order valence-corrected chi connectivity index (χ0v) is 28.3. The summed E-state index contributed by atoms with van der Waals surface area (Å²) in [5.74, 6) is 0.651. The number of nitrogens with zero attached hydrogens (tertiary/aromatic N) is 2. The molecule has 0 radical (unpaired) electrons. The standard InChI is InChI=1S/C32H31Br2N5O7/c1-4-44-26-12-21(29-28(31(41)43-3)18(2)37-32(42)38-29)9-10-25(26)45-17-27(40)39-36-15-22-11-23(33)13-24(34)30(22)46-16-20-7-5-19(14-35)6-8-20/h5-13,15,27,29,39-40H,4,16-17H2,1-3H3,(H2,37,38,42)/b36-15+/t27-,29-/m1/s1. The number of amides is 2. The summed E-state index contributed by atoms with van der Waals surface area (Å²) in [6.45, 7) is 3.83. The summed E-state index contributed by atoms with van der Waals surface area (Å²) in [5.41, 5.74) is 5.93. The van der Waals surface area contributed by atoms with Crippen molar-refractivity contribution in [2.75, 3.05) is 20.3 Å². The number of carbonyl (C=O) groups is 2. The van der Waals surface area contributed by atoms with Crippen LogP contribution in [0.1, 0.15) is 42.1 Å². The summed E-state index contributed by atoms with van der Waals surface area (Å²) in [4.78, 5) is 24.6. The van der Waals surface area contributed by atoms with Gasteiger partial charge in [-0.2, -0.15) is 10.4 Å². The number of halogens is 2. The molecule has 0 fully saturated rings. The molecule has 1 aliphatic heterocycles. The van der Waals surface area contributed by atoms with Gasteiger partial charge in [-0.15, -0.1) is 0 Å². The number of hydrogen-bond acceptors (Lipinski definition) is 10. The Bertz CT molecular complexity index is 1690. The van der Waals surface area contributed by atoms with Crippen LogP contribution in [0.2, 0.25) is 0 Å². The second-order valence-corrected chi connectivity index (χ2v) is 11.6. The van der Waals surface area contributed by atoms with E-state index in [1.54, 1.807) is 44.2 Å². The van der Waals surface area contributed by atoms with Gasteiger partial charge in [0.15, 0.2) is 17.7 Å². The van der Waals surface area contributed by atoms with E-state index in [4.69, 9.17) is 24.2 Å². The Morgan fingerprint density at radius 1 is 1.13 bits per heavy atom. The minimum Gasteiger partial charge on any atom is -0.490 e. The van der Waals surface area contributed by atoms with Gasteiger partial charge in [-0.05, 0) is 77.3 Å². The zero-order valence-electron chi connectivity index (χ0n) is 25.1. The monoisotopic (exact) mass is 755 g/mol. The van der Waals surface area contributed by atoms with E-state index in [0.717, 1.165) is 10.0 Å². The molecule has 2 amide bonds. The van der Waals surface area contributed by atoms with Gasteiger partial charge >= 0.3 is 12.0 Å². The van der Waals surface area contributed by atoms with Crippen LogP contribution >= 0.6 is 31.9 Å². The number of benzene rings is 3. The highest BCUT2D eigenvalue weighted by atomic mass is 79.9. The first kappa shape index (κ1) is 34.3. The lowest BCUT2D eigenvalue weighted by molar-refractivity contribution is -0.136. The number of aliphatic hydroxyl groups is 1. The van der Waals surface area contributed by atoms with Crippen molar-refractivity contribution in [3.8, 4) is 23.3 Å². The number of carbonyl (C=O) groups excluding carboxylic acids is 2. The number of esters is 1. The van der Waals surface area contributed by atoms with Gasteiger partial charge in [0.2, 0.25) is 0 Å². The molecule has 4 rings (SSSR count). The van der Waals surface area contributed by atoms with Crippen LogP contribution in [0.3, 0.4) is 0 Å².